The molecule has 0 saturated carbocycles. The minimum Gasteiger partial charge on any atom is -0.496 e. The third-order valence-electron chi connectivity index (χ3n) is 2.46. The van der Waals surface area contributed by atoms with Crippen LogP contribution in [0.3, 0.4) is 0 Å². The van der Waals surface area contributed by atoms with Crippen LogP contribution in [-0.2, 0) is 6.42 Å². The molecule has 0 bridgehead atoms. The molecule has 0 atom stereocenters. The molecule has 0 amide bonds. The minimum absolute atomic E-state index is 0.571. The maximum Gasteiger partial charge on any atom is 0.121 e. The number of hydrogen-bond acceptors (Lipinski definition) is 3. The third-order valence-corrected chi connectivity index (χ3v) is 2.46. The Kier molecular flexibility index (Phi) is 5.38. The van der Waals surface area contributed by atoms with E-state index in [0.29, 0.717) is 6.42 Å². The van der Waals surface area contributed by atoms with E-state index in [1.165, 1.54) is 5.56 Å². The molecule has 3 nitrogen and oxygen atoms in total. The summed E-state index contributed by atoms with van der Waals surface area (Å²) < 4.78 is 5.21. The van der Waals surface area contributed by atoms with Gasteiger partial charge in [0, 0.05) is 13.0 Å². The number of rotatable bonds is 6. The van der Waals surface area contributed by atoms with Crippen molar-refractivity contribution in [2.75, 3.05) is 20.2 Å². The predicted octanol–water partition coefficient (Wildman–Crippen LogP) is 2.05. The number of nitriles is 1. The van der Waals surface area contributed by atoms with Crippen LogP contribution in [-0.4, -0.2) is 20.2 Å². The number of ether oxygens (including phenoxy) is 1. The van der Waals surface area contributed by atoms with Crippen molar-refractivity contribution in [1.29, 1.82) is 5.26 Å². The second-order valence-electron chi connectivity index (χ2n) is 3.71. The van der Waals surface area contributed by atoms with Crippen molar-refractivity contribution >= 4 is 0 Å². The van der Waals surface area contributed by atoms with E-state index in [2.05, 4.69) is 23.5 Å². The molecular formula is C13H18N2O. The fourth-order valence-electron chi connectivity index (χ4n) is 1.60. The van der Waals surface area contributed by atoms with Gasteiger partial charge >= 0.3 is 0 Å². The first kappa shape index (κ1) is 12.5. The number of nitrogens with zero attached hydrogens (tertiary/aromatic N) is 1. The maximum atomic E-state index is 8.37. The monoisotopic (exact) mass is 218 g/mol. The Morgan fingerprint density at radius 3 is 2.81 bits per heavy atom. The lowest BCUT2D eigenvalue weighted by Crippen LogP contribution is -2.18. The summed E-state index contributed by atoms with van der Waals surface area (Å²) in [6.07, 6.45) is 1.55. The highest BCUT2D eigenvalue weighted by atomic mass is 16.5. The van der Waals surface area contributed by atoms with Gasteiger partial charge in [0.25, 0.3) is 0 Å². The van der Waals surface area contributed by atoms with Crippen molar-refractivity contribution in [3.05, 3.63) is 29.3 Å². The highest BCUT2D eigenvalue weighted by Gasteiger charge is 1.99. The average molecular weight is 218 g/mol. The molecule has 0 unspecified atom stereocenters. The summed E-state index contributed by atoms with van der Waals surface area (Å²) in [6, 6.07) is 8.34. The number of benzene rings is 1. The number of methoxy groups -OCH3 is 1. The van der Waals surface area contributed by atoms with Crippen molar-refractivity contribution < 1.29 is 4.74 Å². The summed E-state index contributed by atoms with van der Waals surface area (Å²) in [6.45, 7) is 3.73. The van der Waals surface area contributed by atoms with E-state index in [1.807, 2.05) is 13.0 Å². The van der Waals surface area contributed by atoms with Crippen LogP contribution in [0.4, 0.5) is 0 Å². The van der Waals surface area contributed by atoms with E-state index in [4.69, 9.17) is 10.00 Å². The van der Waals surface area contributed by atoms with Crippen molar-refractivity contribution in [2.24, 2.45) is 0 Å². The summed E-state index contributed by atoms with van der Waals surface area (Å²) in [5.41, 5.74) is 2.46. The highest BCUT2D eigenvalue weighted by molar-refractivity contribution is 5.36. The normalized spacial score (nSPS) is 9.81. The molecule has 0 radical (unpaired) electrons. The first-order valence-corrected chi connectivity index (χ1v) is 5.49. The van der Waals surface area contributed by atoms with Gasteiger partial charge in [-0.1, -0.05) is 12.1 Å². The van der Waals surface area contributed by atoms with Crippen LogP contribution >= 0.6 is 0 Å². The molecule has 1 N–H and O–H groups in total. The Balaban J connectivity index is 2.38. The second-order valence-corrected chi connectivity index (χ2v) is 3.71. The lowest BCUT2D eigenvalue weighted by molar-refractivity contribution is 0.411. The molecular weight excluding hydrogens is 200 g/mol. The third kappa shape index (κ3) is 3.92. The van der Waals surface area contributed by atoms with Crippen molar-refractivity contribution in [3.63, 3.8) is 0 Å². The average Bonchev–Trinajstić information content (AvgIpc) is 2.29. The molecule has 86 valence electrons. The zero-order valence-electron chi connectivity index (χ0n) is 9.92. The Bertz CT molecular complexity index is 369. The molecule has 0 heterocycles. The van der Waals surface area contributed by atoms with Gasteiger partial charge in [-0.2, -0.15) is 5.26 Å². The Morgan fingerprint density at radius 2 is 2.19 bits per heavy atom. The smallest absolute Gasteiger partial charge is 0.121 e. The largest absolute Gasteiger partial charge is 0.496 e. The Morgan fingerprint density at radius 1 is 1.38 bits per heavy atom. The van der Waals surface area contributed by atoms with Gasteiger partial charge in [0.1, 0.15) is 5.75 Å². The fraction of sp³-hybridized carbons (Fsp3) is 0.462. The van der Waals surface area contributed by atoms with Gasteiger partial charge < -0.3 is 10.1 Å². The molecule has 0 aliphatic heterocycles. The molecule has 0 saturated heterocycles. The first-order chi connectivity index (χ1) is 7.77. The van der Waals surface area contributed by atoms with Crippen LogP contribution in [0.2, 0.25) is 0 Å². The highest BCUT2D eigenvalue weighted by Crippen LogP contribution is 2.18. The molecule has 1 rings (SSSR count). The second kappa shape index (κ2) is 6.86. The molecule has 0 aliphatic carbocycles. The van der Waals surface area contributed by atoms with E-state index in [1.54, 1.807) is 7.11 Å². The van der Waals surface area contributed by atoms with Gasteiger partial charge in [-0.25, -0.2) is 0 Å². The quantitative estimate of drug-likeness (QED) is 0.743. The zero-order chi connectivity index (χ0) is 11.8. The van der Waals surface area contributed by atoms with E-state index in [9.17, 15) is 0 Å². The first-order valence-electron chi connectivity index (χ1n) is 5.49. The van der Waals surface area contributed by atoms with Gasteiger partial charge in [0.05, 0.1) is 13.2 Å². The van der Waals surface area contributed by atoms with Gasteiger partial charge in [0.15, 0.2) is 0 Å². The molecule has 16 heavy (non-hydrogen) atoms. The van der Waals surface area contributed by atoms with E-state index in [0.717, 1.165) is 30.8 Å². The lowest BCUT2D eigenvalue weighted by Gasteiger charge is -2.07. The van der Waals surface area contributed by atoms with Gasteiger partial charge in [-0.05, 0) is 37.1 Å². The zero-order valence-corrected chi connectivity index (χ0v) is 9.92. The molecule has 1 aromatic carbocycles. The summed E-state index contributed by atoms with van der Waals surface area (Å²) in [7, 11) is 1.69. The summed E-state index contributed by atoms with van der Waals surface area (Å²) >= 11 is 0. The molecule has 3 heteroatoms. The maximum absolute atomic E-state index is 8.37. The molecule has 1 aromatic rings. The van der Waals surface area contributed by atoms with Crippen LogP contribution < -0.4 is 10.1 Å². The van der Waals surface area contributed by atoms with Crippen molar-refractivity contribution in [1.82, 2.24) is 5.32 Å². The summed E-state index contributed by atoms with van der Waals surface area (Å²) in [5, 5.41) is 11.6. The van der Waals surface area contributed by atoms with Crippen LogP contribution in [0.25, 0.3) is 0 Å². The predicted molar refractivity (Wildman–Crippen MR) is 64.5 cm³/mol. The number of nitrogens with one attached hydrogen (secondary N) is 1. The van der Waals surface area contributed by atoms with Crippen molar-refractivity contribution in [2.45, 2.75) is 19.8 Å². The van der Waals surface area contributed by atoms with E-state index < -0.39 is 0 Å². The van der Waals surface area contributed by atoms with E-state index in [-0.39, 0.29) is 0 Å². The van der Waals surface area contributed by atoms with E-state index >= 15 is 0 Å². The van der Waals surface area contributed by atoms with Crippen LogP contribution in [0.5, 0.6) is 5.75 Å². The SMILES string of the molecule is COc1ccc(CCNCCC#N)cc1C. The van der Waals surface area contributed by atoms with Gasteiger partial charge in [0.2, 0.25) is 0 Å². The molecule has 0 aromatic heterocycles. The Labute approximate surface area is 97.0 Å². The van der Waals surface area contributed by atoms with Gasteiger partial charge in [-0.15, -0.1) is 0 Å². The molecule has 0 aliphatic rings. The summed E-state index contributed by atoms with van der Waals surface area (Å²) in [4.78, 5) is 0. The van der Waals surface area contributed by atoms with Crippen LogP contribution in [0, 0.1) is 18.3 Å². The standard InChI is InChI=1S/C13H18N2O/c1-11-10-12(4-5-13(11)16-2)6-9-15-8-3-7-14/h4-5,10,15H,3,6,8-9H2,1-2H3. The number of hydrogen-bond donors (Lipinski definition) is 1. The molecule has 0 fully saturated rings. The van der Waals surface area contributed by atoms with Crippen molar-refractivity contribution in [3.8, 4) is 11.8 Å². The van der Waals surface area contributed by atoms with Crippen LogP contribution in [0.15, 0.2) is 18.2 Å². The topological polar surface area (TPSA) is 45.0 Å². The molecule has 0 spiro atoms. The van der Waals surface area contributed by atoms with Gasteiger partial charge in [-0.3, -0.25) is 0 Å². The van der Waals surface area contributed by atoms with Crippen LogP contribution in [0.1, 0.15) is 17.5 Å². The fourth-order valence-corrected chi connectivity index (χ4v) is 1.60. The Hall–Kier alpha value is -1.53. The minimum atomic E-state index is 0.571. The lowest BCUT2D eigenvalue weighted by atomic mass is 10.1. The summed E-state index contributed by atoms with van der Waals surface area (Å²) in [5.74, 6) is 0.932. The number of aryl methyl sites for hydroxylation is 1.